The highest BCUT2D eigenvalue weighted by Gasteiger charge is 2.31. The second-order valence-corrected chi connectivity index (χ2v) is 9.29. The lowest BCUT2D eigenvalue weighted by Gasteiger charge is -2.30. The van der Waals surface area contributed by atoms with Gasteiger partial charge in [-0.15, -0.1) is 0 Å². The largest absolute Gasteiger partial charge is 0.352 e. The molecule has 1 aromatic carbocycles. The molecule has 1 aliphatic heterocycles. The average Bonchev–Trinajstić information content (AvgIpc) is 3.07. The van der Waals surface area contributed by atoms with E-state index in [0.717, 1.165) is 0 Å². The normalized spacial score (nSPS) is 16.4. The van der Waals surface area contributed by atoms with E-state index in [1.807, 2.05) is 0 Å². The second kappa shape index (κ2) is 8.18. The lowest BCUT2D eigenvalue weighted by atomic mass is 9.98. The van der Waals surface area contributed by atoms with Crippen LogP contribution in [0.3, 0.4) is 0 Å². The maximum atomic E-state index is 12.6. The quantitative estimate of drug-likeness (QED) is 0.789. The Kier molecular flexibility index (Phi) is 6.10. The van der Waals surface area contributed by atoms with Gasteiger partial charge >= 0.3 is 0 Å². The summed E-state index contributed by atoms with van der Waals surface area (Å²) in [6.45, 7) is 1.28. The molecule has 1 aliphatic rings. The summed E-state index contributed by atoms with van der Waals surface area (Å²) < 4.78 is 28.2. The molecule has 1 aromatic heterocycles. The molecule has 0 saturated carbocycles. The molecule has 27 heavy (non-hydrogen) atoms. The van der Waals surface area contributed by atoms with Crippen molar-refractivity contribution in [2.75, 3.05) is 19.6 Å². The van der Waals surface area contributed by atoms with Crippen molar-refractivity contribution in [1.82, 2.24) is 19.2 Å². The van der Waals surface area contributed by atoms with Crippen molar-refractivity contribution in [1.29, 1.82) is 0 Å². The van der Waals surface area contributed by atoms with Crippen LogP contribution in [0.1, 0.15) is 23.2 Å². The van der Waals surface area contributed by atoms with E-state index in [2.05, 4.69) is 10.3 Å². The molecule has 1 amide bonds. The number of amides is 1. The lowest BCUT2D eigenvalue weighted by molar-refractivity contribution is 0.0941. The fourth-order valence-electron chi connectivity index (χ4n) is 3.01. The molecule has 2 aromatic rings. The maximum Gasteiger partial charge on any atom is 0.262 e. The summed E-state index contributed by atoms with van der Waals surface area (Å²) in [6, 6.07) is 4.73. The van der Waals surface area contributed by atoms with E-state index >= 15 is 0 Å². The van der Waals surface area contributed by atoms with Gasteiger partial charge in [-0.05, 0) is 37.0 Å². The SMILES string of the molecule is Cn1cnc(S(=O)(=O)N2CCC(CNC(=O)c3ccc(Cl)cc3Cl)CC2)c1. The van der Waals surface area contributed by atoms with Crippen LogP contribution in [0.4, 0.5) is 0 Å². The van der Waals surface area contributed by atoms with Gasteiger partial charge in [-0.2, -0.15) is 4.31 Å². The zero-order valence-corrected chi connectivity index (χ0v) is 17.1. The van der Waals surface area contributed by atoms with E-state index in [9.17, 15) is 13.2 Å². The molecule has 3 rings (SSSR count). The minimum absolute atomic E-state index is 0.0640. The molecule has 0 atom stereocenters. The van der Waals surface area contributed by atoms with Gasteiger partial charge in [-0.3, -0.25) is 4.79 Å². The predicted octanol–water partition coefficient (Wildman–Crippen LogP) is 2.56. The van der Waals surface area contributed by atoms with E-state index in [1.165, 1.54) is 22.9 Å². The van der Waals surface area contributed by atoms with Crippen LogP contribution in [0.15, 0.2) is 35.7 Å². The first-order valence-electron chi connectivity index (χ1n) is 8.49. The van der Waals surface area contributed by atoms with E-state index in [4.69, 9.17) is 23.2 Å². The molecular weight excluding hydrogens is 411 g/mol. The van der Waals surface area contributed by atoms with Crippen molar-refractivity contribution >= 4 is 39.1 Å². The molecule has 10 heteroatoms. The zero-order valence-electron chi connectivity index (χ0n) is 14.7. The number of nitrogens with one attached hydrogen (secondary N) is 1. The van der Waals surface area contributed by atoms with Gasteiger partial charge < -0.3 is 9.88 Å². The fourth-order valence-corrected chi connectivity index (χ4v) is 4.94. The number of sulfonamides is 1. The maximum absolute atomic E-state index is 12.6. The molecule has 0 radical (unpaired) electrons. The molecule has 2 heterocycles. The number of carbonyl (C=O) groups is 1. The van der Waals surface area contributed by atoms with Crippen LogP contribution >= 0.6 is 23.2 Å². The van der Waals surface area contributed by atoms with Crippen LogP contribution in [-0.2, 0) is 17.1 Å². The third kappa shape index (κ3) is 4.63. The highest BCUT2D eigenvalue weighted by molar-refractivity contribution is 7.89. The Balaban J connectivity index is 1.53. The van der Waals surface area contributed by atoms with Gasteiger partial charge in [0.05, 0.1) is 16.9 Å². The highest BCUT2D eigenvalue weighted by atomic mass is 35.5. The summed E-state index contributed by atoms with van der Waals surface area (Å²) >= 11 is 11.9. The molecule has 146 valence electrons. The van der Waals surface area contributed by atoms with Gasteiger partial charge in [0.1, 0.15) is 0 Å². The molecule has 0 unspecified atom stereocenters. The number of hydrogen-bond donors (Lipinski definition) is 1. The van der Waals surface area contributed by atoms with Crippen LogP contribution in [0.2, 0.25) is 10.0 Å². The number of imidazole rings is 1. The number of aromatic nitrogens is 2. The van der Waals surface area contributed by atoms with Crippen molar-refractivity contribution in [3.63, 3.8) is 0 Å². The first-order chi connectivity index (χ1) is 12.8. The molecular formula is C17H20Cl2N4O3S. The number of halogens is 2. The standard InChI is InChI=1S/C17H20Cl2N4O3S/c1-22-10-16(21-11-22)27(25,26)23-6-4-12(5-7-23)9-20-17(24)14-3-2-13(18)8-15(14)19/h2-3,8,10-12H,4-7,9H2,1H3,(H,20,24). The van der Waals surface area contributed by atoms with Crippen LogP contribution in [-0.4, -0.2) is 47.8 Å². The Morgan fingerprint density at radius 3 is 2.59 bits per heavy atom. The molecule has 0 aliphatic carbocycles. The van der Waals surface area contributed by atoms with Crippen LogP contribution < -0.4 is 5.32 Å². The van der Waals surface area contributed by atoms with E-state index < -0.39 is 10.0 Å². The summed E-state index contributed by atoms with van der Waals surface area (Å²) in [4.78, 5) is 16.2. The van der Waals surface area contributed by atoms with E-state index in [0.29, 0.717) is 48.1 Å². The van der Waals surface area contributed by atoms with Gasteiger partial charge in [0.25, 0.3) is 15.9 Å². The highest BCUT2D eigenvalue weighted by Crippen LogP contribution is 2.24. The van der Waals surface area contributed by atoms with Gasteiger partial charge in [-0.25, -0.2) is 13.4 Å². The van der Waals surface area contributed by atoms with Crippen LogP contribution in [0.5, 0.6) is 0 Å². The smallest absolute Gasteiger partial charge is 0.262 e. The Hall–Kier alpha value is -1.61. The lowest BCUT2D eigenvalue weighted by Crippen LogP contribution is -2.41. The first-order valence-corrected chi connectivity index (χ1v) is 10.7. The summed E-state index contributed by atoms with van der Waals surface area (Å²) in [5.41, 5.74) is 0.372. The number of carbonyl (C=O) groups excluding carboxylic acids is 1. The first kappa shape index (κ1) is 20.1. The Morgan fingerprint density at radius 2 is 2.00 bits per heavy atom. The number of benzene rings is 1. The van der Waals surface area contributed by atoms with Crippen molar-refractivity contribution in [2.24, 2.45) is 13.0 Å². The number of hydrogen-bond acceptors (Lipinski definition) is 4. The molecule has 1 N–H and O–H groups in total. The van der Waals surface area contributed by atoms with E-state index in [1.54, 1.807) is 23.7 Å². The summed E-state index contributed by atoms with van der Waals surface area (Å²) in [5, 5.41) is 3.70. The summed E-state index contributed by atoms with van der Waals surface area (Å²) in [6.07, 6.45) is 4.30. The second-order valence-electron chi connectivity index (χ2n) is 6.56. The molecule has 1 fully saturated rings. The predicted molar refractivity (Wildman–Crippen MR) is 103 cm³/mol. The van der Waals surface area contributed by atoms with Crippen molar-refractivity contribution in [3.8, 4) is 0 Å². The number of rotatable bonds is 5. The minimum atomic E-state index is -3.56. The monoisotopic (exact) mass is 430 g/mol. The Bertz CT molecular complexity index is 937. The topological polar surface area (TPSA) is 84.3 Å². The van der Waals surface area contributed by atoms with Crippen molar-refractivity contribution < 1.29 is 13.2 Å². The number of nitrogens with zero attached hydrogens (tertiary/aromatic N) is 3. The third-order valence-corrected chi connectivity index (χ3v) is 6.92. The van der Waals surface area contributed by atoms with Gasteiger partial charge in [0.15, 0.2) is 5.03 Å². The third-order valence-electron chi connectivity index (χ3n) is 4.59. The molecule has 1 saturated heterocycles. The molecule has 0 bridgehead atoms. The van der Waals surface area contributed by atoms with Crippen LogP contribution in [0.25, 0.3) is 0 Å². The minimum Gasteiger partial charge on any atom is -0.352 e. The Labute approximate surface area is 168 Å². The fraction of sp³-hybridized carbons (Fsp3) is 0.412. The number of aryl methyl sites for hydroxylation is 1. The molecule has 7 nitrogen and oxygen atoms in total. The average molecular weight is 431 g/mol. The molecule has 0 spiro atoms. The van der Waals surface area contributed by atoms with Gasteiger partial charge in [0, 0.05) is 37.9 Å². The Morgan fingerprint density at radius 1 is 1.30 bits per heavy atom. The zero-order chi connectivity index (χ0) is 19.6. The van der Waals surface area contributed by atoms with Crippen molar-refractivity contribution in [2.45, 2.75) is 17.9 Å². The van der Waals surface area contributed by atoms with Gasteiger partial charge in [-0.1, -0.05) is 23.2 Å². The number of piperidine rings is 1. The van der Waals surface area contributed by atoms with E-state index in [-0.39, 0.29) is 16.9 Å². The summed E-state index contributed by atoms with van der Waals surface area (Å²) in [5.74, 6) is -0.0598. The van der Waals surface area contributed by atoms with Gasteiger partial charge in [0.2, 0.25) is 0 Å². The van der Waals surface area contributed by atoms with Crippen LogP contribution in [0, 0.1) is 5.92 Å². The summed E-state index contributed by atoms with van der Waals surface area (Å²) in [7, 11) is -1.83. The van der Waals surface area contributed by atoms with Crippen molar-refractivity contribution in [3.05, 3.63) is 46.3 Å².